The first-order chi connectivity index (χ1) is 19.4. The molecule has 10 nitrogen and oxygen atoms in total. The van der Waals surface area contributed by atoms with Crippen molar-refractivity contribution in [2.24, 2.45) is 5.10 Å². The molecule has 4 aromatic rings. The van der Waals surface area contributed by atoms with Crippen molar-refractivity contribution in [3.8, 4) is 22.9 Å². The summed E-state index contributed by atoms with van der Waals surface area (Å²) in [5, 5.41) is 16.9. The predicted octanol–water partition coefficient (Wildman–Crippen LogP) is 5.06. The van der Waals surface area contributed by atoms with Crippen molar-refractivity contribution in [2.75, 3.05) is 32.4 Å². The third kappa shape index (κ3) is 7.24. The van der Waals surface area contributed by atoms with Crippen LogP contribution in [0.15, 0.2) is 70.9 Å². The molecule has 0 aliphatic carbocycles. The zero-order chi connectivity index (χ0) is 28.5. The number of nitrogens with one attached hydrogen (secondary N) is 2. The Balaban J connectivity index is 1.43. The van der Waals surface area contributed by atoms with Crippen molar-refractivity contribution in [1.29, 1.82) is 0 Å². The Bertz CT molecular complexity index is 1470. The number of para-hydroxylation sites is 1. The molecule has 0 aliphatic rings. The van der Waals surface area contributed by atoms with E-state index in [9.17, 15) is 4.79 Å². The highest BCUT2D eigenvalue weighted by Gasteiger charge is 2.16. The Morgan fingerprint density at radius 2 is 1.75 bits per heavy atom. The standard InChI is InChI=1S/C28H29IN6O4S/c1-18-12-20(29)10-11-22(18)30-16-25-32-34-28(35(25)21-8-6-5-7-9-21)40-17-26(36)33-31-15-19-13-23(37-2)27(39-4)24(14-19)38-3/h5-15,30H,16-17H2,1-4H3,(H,33,36). The molecule has 208 valence electrons. The number of hydrazone groups is 1. The second-order valence-electron chi connectivity index (χ2n) is 8.42. The van der Waals surface area contributed by atoms with Gasteiger partial charge in [0.25, 0.3) is 5.91 Å². The Morgan fingerprint density at radius 3 is 2.40 bits per heavy atom. The van der Waals surface area contributed by atoms with Gasteiger partial charge in [-0.25, -0.2) is 5.43 Å². The van der Waals surface area contributed by atoms with E-state index in [1.165, 1.54) is 42.9 Å². The van der Waals surface area contributed by atoms with Crippen molar-refractivity contribution in [2.45, 2.75) is 18.6 Å². The van der Waals surface area contributed by atoms with Gasteiger partial charge in [0.15, 0.2) is 22.5 Å². The van der Waals surface area contributed by atoms with Gasteiger partial charge in [0.1, 0.15) is 0 Å². The molecule has 0 unspecified atom stereocenters. The van der Waals surface area contributed by atoms with Gasteiger partial charge in [0, 0.05) is 20.5 Å². The van der Waals surface area contributed by atoms with Gasteiger partial charge < -0.3 is 19.5 Å². The summed E-state index contributed by atoms with van der Waals surface area (Å²) in [4.78, 5) is 12.6. The summed E-state index contributed by atoms with van der Waals surface area (Å²) in [5.74, 6) is 2.01. The molecule has 0 atom stereocenters. The molecule has 4 rings (SSSR count). The van der Waals surface area contributed by atoms with E-state index in [1.807, 2.05) is 34.9 Å². The van der Waals surface area contributed by atoms with Gasteiger partial charge in [-0.2, -0.15) is 5.10 Å². The summed E-state index contributed by atoms with van der Waals surface area (Å²) in [5.41, 5.74) is 6.32. The lowest BCUT2D eigenvalue weighted by molar-refractivity contribution is -0.118. The molecule has 0 bridgehead atoms. The van der Waals surface area contributed by atoms with E-state index in [-0.39, 0.29) is 11.7 Å². The molecule has 1 heterocycles. The number of benzene rings is 3. The number of halogens is 1. The number of ether oxygens (including phenoxy) is 3. The smallest absolute Gasteiger partial charge is 0.250 e. The number of anilines is 1. The second-order valence-corrected chi connectivity index (χ2v) is 10.6. The Hall–Kier alpha value is -3.78. The van der Waals surface area contributed by atoms with E-state index in [4.69, 9.17) is 14.2 Å². The molecule has 0 spiro atoms. The lowest BCUT2D eigenvalue weighted by Gasteiger charge is -2.13. The number of amides is 1. The minimum absolute atomic E-state index is 0.0984. The first kappa shape index (κ1) is 29.2. The van der Waals surface area contributed by atoms with E-state index < -0.39 is 0 Å². The van der Waals surface area contributed by atoms with Gasteiger partial charge >= 0.3 is 0 Å². The summed E-state index contributed by atoms with van der Waals surface area (Å²) in [6.07, 6.45) is 1.51. The van der Waals surface area contributed by atoms with E-state index in [0.717, 1.165) is 22.8 Å². The quantitative estimate of drug-likeness (QED) is 0.0931. The maximum absolute atomic E-state index is 12.6. The Morgan fingerprint density at radius 1 is 1.02 bits per heavy atom. The van der Waals surface area contributed by atoms with E-state index in [2.05, 4.69) is 73.8 Å². The number of aryl methyl sites for hydroxylation is 1. The average molecular weight is 673 g/mol. The summed E-state index contributed by atoms with van der Waals surface area (Å²) in [7, 11) is 4.61. The fourth-order valence-electron chi connectivity index (χ4n) is 3.86. The molecule has 0 fully saturated rings. The molecule has 0 saturated carbocycles. The number of rotatable bonds is 12. The predicted molar refractivity (Wildman–Crippen MR) is 165 cm³/mol. The van der Waals surface area contributed by atoms with Gasteiger partial charge in [-0.3, -0.25) is 9.36 Å². The van der Waals surface area contributed by atoms with Crippen LogP contribution in [0.1, 0.15) is 17.0 Å². The summed E-state index contributed by atoms with van der Waals surface area (Å²) in [6, 6.07) is 19.5. The zero-order valence-electron chi connectivity index (χ0n) is 22.5. The van der Waals surface area contributed by atoms with Crippen molar-refractivity contribution < 1.29 is 19.0 Å². The highest BCUT2D eigenvalue weighted by Crippen LogP contribution is 2.37. The van der Waals surface area contributed by atoms with Crippen LogP contribution < -0.4 is 25.0 Å². The van der Waals surface area contributed by atoms with Crippen molar-refractivity contribution in [1.82, 2.24) is 20.2 Å². The van der Waals surface area contributed by atoms with Crippen LogP contribution in [0, 0.1) is 10.5 Å². The van der Waals surface area contributed by atoms with Crippen LogP contribution >= 0.6 is 34.4 Å². The Labute approximate surface area is 250 Å². The number of carbonyl (C=O) groups is 1. The number of carbonyl (C=O) groups excluding carboxylic acids is 1. The molecule has 1 aromatic heterocycles. The van der Waals surface area contributed by atoms with Crippen LogP contribution in [0.4, 0.5) is 5.69 Å². The van der Waals surface area contributed by atoms with Crippen LogP contribution in [0.2, 0.25) is 0 Å². The second kappa shape index (κ2) is 14.0. The largest absolute Gasteiger partial charge is 0.493 e. The molecular weight excluding hydrogens is 643 g/mol. The highest BCUT2D eigenvalue weighted by atomic mass is 127. The summed E-state index contributed by atoms with van der Waals surface area (Å²) in [6.45, 7) is 2.53. The lowest BCUT2D eigenvalue weighted by atomic mass is 10.2. The Kier molecular flexibility index (Phi) is 10.2. The molecule has 2 N–H and O–H groups in total. The minimum Gasteiger partial charge on any atom is -0.493 e. The van der Waals surface area contributed by atoms with Crippen LogP contribution in [-0.4, -0.2) is 54.0 Å². The molecule has 0 saturated heterocycles. The number of hydrogen-bond acceptors (Lipinski definition) is 9. The SMILES string of the molecule is COc1cc(C=NNC(=O)CSc2nnc(CNc3ccc(I)cc3C)n2-c2ccccc2)cc(OC)c1OC. The number of nitrogens with zero attached hydrogens (tertiary/aromatic N) is 4. The molecule has 0 radical (unpaired) electrons. The number of aromatic nitrogens is 3. The summed E-state index contributed by atoms with van der Waals surface area (Å²) < 4.78 is 19.2. The van der Waals surface area contributed by atoms with Gasteiger partial charge in [-0.1, -0.05) is 30.0 Å². The van der Waals surface area contributed by atoms with Crippen LogP contribution in [-0.2, 0) is 11.3 Å². The van der Waals surface area contributed by atoms with Crippen LogP contribution in [0.3, 0.4) is 0 Å². The third-order valence-electron chi connectivity index (χ3n) is 5.76. The normalized spacial score (nSPS) is 10.9. The maximum atomic E-state index is 12.6. The molecule has 0 aliphatic heterocycles. The van der Waals surface area contributed by atoms with Gasteiger partial charge in [0.2, 0.25) is 5.75 Å². The van der Waals surface area contributed by atoms with Crippen molar-refractivity contribution in [3.05, 3.63) is 81.2 Å². The van der Waals surface area contributed by atoms with Gasteiger partial charge in [-0.15, -0.1) is 10.2 Å². The van der Waals surface area contributed by atoms with Gasteiger partial charge in [0.05, 0.1) is 39.8 Å². The summed E-state index contributed by atoms with van der Waals surface area (Å²) >= 11 is 3.58. The van der Waals surface area contributed by atoms with E-state index in [0.29, 0.717) is 34.5 Å². The van der Waals surface area contributed by atoms with E-state index in [1.54, 1.807) is 12.1 Å². The maximum Gasteiger partial charge on any atom is 0.250 e. The monoisotopic (exact) mass is 672 g/mol. The molecule has 3 aromatic carbocycles. The zero-order valence-corrected chi connectivity index (χ0v) is 25.4. The van der Waals surface area contributed by atoms with E-state index >= 15 is 0 Å². The fourth-order valence-corrected chi connectivity index (χ4v) is 5.27. The third-order valence-corrected chi connectivity index (χ3v) is 7.36. The fraction of sp³-hybridized carbons (Fsp3) is 0.214. The number of hydrogen-bond donors (Lipinski definition) is 2. The molecule has 12 heteroatoms. The lowest BCUT2D eigenvalue weighted by Crippen LogP contribution is -2.20. The number of methoxy groups -OCH3 is 3. The first-order valence-corrected chi connectivity index (χ1v) is 14.2. The topological polar surface area (TPSA) is 112 Å². The molecule has 1 amide bonds. The molecular formula is C28H29IN6O4S. The average Bonchev–Trinajstić information content (AvgIpc) is 3.38. The molecule has 40 heavy (non-hydrogen) atoms. The van der Waals surface area contributed by atoms with Gasteiger partial charge in [-0.05, 0) is 77.5 Å². The number of thioether (sulfide) groups is 1. The first-order valence-electron chi connectivity index (χ1n) is 12.2. The van der Waals surface area contributed by atoms with Crippen LogP contribution in [0.5, 0.6) is 17.2 Å². The highest BCUT2D eigenvalue weighted by molar-refractivity contribution is 14.1. The van der Waals surface area contributed by atoms with Crippen molar-refractivity contribution >= 4 is 52.2 Å². The minimum atomic E-state index is -0.287. The van der Waals surface area contributed by atoms with Crippen molar-refractivity contribution in [3.63, 3.8) is 0 Å². The van der Waals surface area contributed by atoms with Crippen LogP contribution in [0.25, 0.3) is 5.69 Å².